The SMILES string of the molecule is Cc1ccc(C(N)C(=O)NC2(C)CCCCC2)cc1. The van der Waals surface area contributed by atoms with Crippen LogP contribution in [-0.2, 0) is 4.79 Å². The van der Waals surface area contributed by atoms with Gasteiger partial charge >= 0.3 is 0 Å². The number of aryl methyl sites for hydroxylation is 1. The summed E-state index contributed by atoms with van der Waals surface area (Å²) < 4.78 is 0. The van der Waals surface area contributed by atoms with Crippen LogP contribution >= 0.6 is 0 Å². The van der Waals surface area contributed by atoms with Crippen molar-refractivity contribution in [2.75, 3.05) is 0 Å². The van der Waals surface area contributed by atoms with Gasteiger partial charge in [0.05, 0.1) is 0 Å². The van der Waals surface area contributed by atoms with Gasteiger partial charge < -0.3 is 11.1 Å². The molecule has 1 aromatic carbocycles. The number of hydrogen-bond donors (Lipinski definition) is 2. The number of carbonyl (C=O) groups is 1. The van der Waals surface area contributed by atoms with E-state index >= 15 is 0 Å². The molecule has 1 fully saturated rings. The molecule has 0 spiro atoms. The molecule has 0 aliphatic heterocycles. The molecule has 19 heavy (non-hydrogen) atoms. The number of carbonyl (C=O) groups excluding carboxylic acids is 1. The lowest BCUT2D eigenvalue weighted by Gasteiger charge is -2.35. The van der Waals surface area contributed by atoms with Crippen LogP contribution in [0.3, 0.4) is 0 Å². The summed E-state index contributed by atoms with van der Waals surface area (Å²) in [6.07, 6.45) is 5.77. The highest BCUT2D eigenvalue weighted by Gasteiger charge is 2.30. The second-order valence-electron chi connectivity index (χ2n) is 6.00. The highest BCUT2D eigenvalue weighted by Crippen LogP contribution is 2.28. The Labute approximate surface area is 115 Å². The van der Waals surface area contributed by atoms with Crippen molar-refractivity contribution in [2.45, 2.75) is 57.5 Å². The van der Waals surface area contributed by atoms with Crippen LogP contribution in [-0.4, -0.2) is 11.4 Å². The van der Waals surface area contributed by atoms with E-state index in [9.17, 15) is 4.79 Å². The zero-order valence-corrected chi connectivity index (χ0v) is 11.9. The van der Waals surface area contributed by atoms with Crippen LogP contribution in [0.5, 0.6) is 0 Å². The molecule has 1 atom stereocenters. The van der Waals surface area contributed by atoms with E-state index in [0.717, 1.165) is 18.4 Å². The first-order valence-corrected chi connectivity index (χ1v) is 7.14. The zero-order chi connectivity index (χ0) is 13.9. The minimum atomic E-state index is -0.570. The molecule has 1 saturated carbocycles. The van der Waals surface area contributed by atoms with Crippen LogP contribution in [0.1, 0.15) is 56.2 Å². The van der Waals surface area contributed by atoms with Crippen LogP contribution < -0.4 is 11.1 Å². The molecular formula is C16H24N2O. The topological polar surface area (TPSA) is 55.1 Å². The van der Waals surface area contributed by atoms with Gasteiger partial charge in [-0.25, -0.2) is 0 Å². The highest BCUT2D eigenvalue weighted by atomic mass is 16.2. The van der Waals surface area contributed by atoms with Gasteiger partial charge in [-0.05, 0) is 32.3 Å². The summed E-state index contributed by atoms with van der Waals surface area (Å²) in [5.41, 5.74) is 8.03. The number of amides is 1. The van der Waals surface area contributed by atoms with Gasteiger partial charge in [0, 0.05) is 5.54 Å². The largest absolute Gasteiger partial charge is 0.349 e. The number of nitrogens with one attached hydrogen (secondary N) is 1. The van der Waals surface area contributed by atoms with Gasteiger partial charge in [-0.1, -0.05) is 49.1 Å². The van der Waals surface area contributed by atoms with Crippen molar-refractivity contribution in [3.05, 3.63) is 35.4 Å². The average molecular weight is 260 g/mol. The molecule has 0 radical (unpaired) electrons. The van der Waals surface area contributed by atoms with Gasteiger partial charge in [-0.15, -0.1) is 0 Å². The second kappa shape index (κ2) is 5.74. The third kappa shape index (κ3) is 3.57. The third-order valence-electron chi connectivity index (χ3n) is 4.10. The van der Waals surface area contributed by atoms with E-state index in [1.54, 1.807) is 0 Å². The molecule has 3 N–H and O–H groups in total. The fraction of sp³-hybridized carbons (Fsp3) is 0.562. The molecule has 0 saturated heterocycles. The van der Waals surface area contributed by atoms with Crippen LogP contribution in [0.15, 0.2) is 24.3 Å². The maximum absolute atomic E-state index is 12.3. The van der Waals surface area contributed by atoms with Crippen molar-refractivity contribution in [3.63, 3.8) is 0 Å². The molecule has 0 aromatic heterocycles. The van der Waals surface area contributed by atoms with Crippen LogP contribution in [0.25, 0.3) is 0 Å². The molecule has 0 bridgehead atoms. The summed E-state index contributed by atoms with van der Waals surface area (Å²) in [5, 5.41) is 3.14. The number of hydrogen-bond acceptors (Lipinski definition) is 2. The molecule has 1 amide bonds. The molecule has 3 nitrogen and oxygen atoms in total. The summed E-state index contributed by atoms with van der Waals surface area (Å²) in [6.45, 7) is 4.16. The smallest absolute Gasteiger partial charge is 0.241 e. The van der Waals surface area contributed by atoms with E-state index in [1.807, 2.05) is 31.2 Å². The summed E-state index contributed by atoms with van der Waals surface area (Å²) in [5.74, 6) is -0.0618. The Morgan fingerprint density at radius 2 is 1.79 bits per heavy atom. The van der Waals surface area contributed by atoms with Crippen molar-refractivity contribution in [3.8, 4) is 0 Å². The lowest BCUT2D eigenvalue weighted by atomic mass is 9.83. The van der Waals surface area contributed by atoms with Crippen molar-refractivity contribution in [1.29, 1.82) is 0 Å². The Kier molecular flexibility index (Phi) is 4.25. The summed E-state index contributed by atoms with van der Waals surface area (Å²) in [6, 6.07) is 7.28. The lowest BCUT2D eigenvalue weighted by molar-refractivity contribution is -0.124. The van der Waals surface area contributed by atoms with Crippen molar-refractivity contribution >= 4 is 5.91 Å². The molecule has 0 heterocycles. The number of benzene rings is 1. The third-order valence-corrected chi connectivity index (χ3v) is 4.10. The molecule has 3 heteroatoms. The maximum Gasteiger partial charge on any atom is 0.241 e. The van der Waals surface area contributed by atoms with E-state index in [0.29, 0.717) is 0 Å². The molecule has 1 aliphatic carbocycles. The molecular weight excluding hydrogens is 236 g/mol. The van der Waals surface area contributed by atoms with Crippen molar-refractivity contribution in [1.82, 2.24) is 5.32 Å². The minimum absolute atomic E-state index is 0.0618. The molecule has 104 valence electrons. The Balaban J connectivity index is 2.00. The Hall–Kier alpha value is -1.35. The van der Waals surface area contributed by atoms with Crippen molar-refractivity contribution < 1.29 is 4.79 Å². The fourth-order valence-corrected chi connectivity index (χ4v) is 2.76. The quantitative estimate of drug-likeness (QED) is 0.878. The monoisotopic (exact) mass is 260 g/mol. The summed E-state index contributed by atoms with van der Waals surface area (Å²) >= 11 is 0. The van der Waals surface area contributed by atoms with Gasteiger partial charge in [0.1, 0.15) is 6.04 Å². The normalized spacial score (nSPS) is 19.7. The second-order valence-corrected chi connectivity index (χ2v) is 6.00. The average Bonchev–Trinajstić information content (AvgIpc) is 2.39. The maximum atomic E-state index is 12.3. The predicted molar refractivity (Wildman–Crippen MR) is 77.7 cm³/mol. The first-order valence-electron chi connectivity index (χ1n) is 7.14. The Bertz CT molecular complexity index is 433. The van der Waals surface area contributed by atoms with Gasteiger partial charge in [0.25, 0.3) is 0 Å². The summed E-state index contributed by atoms with van der Waals surface area (Å²) in [7, 11) is 0. The minimum Gasteiger partial charge on any atom is -0.349 e. The van der Waals surface area contributed by atoms with Gasteiger partial charge in [-0.2, -0.15) is 0 Å². The van der Waals surface area contributed by atoms with E-state index in [1.165, 1.54) is 24.8 Å². The molecule has 1 unspecified atom stereocenters. The highest BCUT2D eigenvalue weighted by molar-refractivity contribution is 5.83. The van der Waals surface area contributed by atoms with E-state index < -0.39 is 6.04 Å². The van der Waals surface area contributed by atoms with Crippen LogP contribution in [0.2, 0.25) is 0 Å². The Morgan fingerprint density at radius 1 is 1.21 bits per heavy atom. The number of nitrogens with two attached hydrogens (primary N) is 1. The van der Waals surface area contributed by atoms with E-state index in [2.05, 4.69) is 12.2 Å². The van der Waals surface area contributed by atoms with Gasteiger partial charge in [0.15, 0.2) is 0 Å². The van der Waals surface area contributed by atoms with Crippen molar-refractivity contribution in [2.24, 2.45) is 5.73 Å². The first-order chi connectivity index (χ1) is 9.00. The molecule has 2 rings (SSSR count). The summed E-state index contributed by atoms with van der Waals surface area (Å²) in [4.78, 5) is 12.3. The molecule has 1 aliphatic rings. The van der Waals surface area contributed by atoms with E-state index in [-0.39, 0.29) is 11.4 Å². The lowest BCUT2D eigenvalue weighted by Crippen LogP contribution is -2.50. The van der Waals surface area contributed by atoms with Gasteiger partial charge in [-0.3, -0.25) is 4.79 Å². The molecule has 1 aromatic rings. The van der Waals surface area contributed by atoms with Crippen LogP contribution in [0, 0.1) is 6.92 Å². The van der Waals surface area contributed by atoms with Crippen LogP contribution in [0.4, 0.5) is 0 Å². The predicted octanol–water partition coefficient (Wildman–Crippen LogP) is 2.83. The van der Waals surface area contributed by atoms with E-state index in [4.69, 9.17) is 5.73 Å². The fourth-order valence-electron chi connectivity index (χ4n) is 2.76. The first kappa shape index (κ1) is 14.1. The zero-order valence-electron chi connectivity index (χ0n) is 11.9. The number of rotatable bonds is 3. The Morgan fingerprint density at radius 3 is 2.37 bits per heavy atom. The van der Waals surface area contributed by atoms with Gasteiger partial charge in [0.2, 0.25) is 5.91 Å². The standard InChI is InChI=1S/C16H24N2O/c1-12-6-8-13(9-7-12)14(17)15(19)18-16(2)10-4-3-5-11-16/h6-9,14H,3-5,10-11,17H2,1-2H3,(H,18,19).